The molecule has 0 radical (unpaired) electrons. The molecule has 1 heterocycles. The Labute approximate surface area is 166 Å². The zero-order valence-corrected chi connectivity index (χ0v) is 16.6. The minimum atomic E-state index is 0.172. The molecule has 3 aromatic carbocycles. The maximum atomic E-state index is 6.11. The maximum Gasteiger partial charge on any atom is 0.134 e. The monoisotopic (exact) mass is 364 g/mol. The van der Waals surface area contributed by atoms with E-state index in [1.807, 2.05) is 12.1 Å². The Balaban J connectivity index is 1.55. The summed E-state index contributed by atoms with van der Waals surface area (Å²) in [5, 5.41) is 1.16. The summed E-state index contributed by atoms with van der Waals surface area (Å²) in [7, 11) is 0. The second kappa shape index (κ2) is 6.24. The molecule has 0 bridgehead atoms. The fraction of sp³-hybridized carbons (Fsp3) is 0.185. The first-order valence-electron chi connectivity index (χ1n) is 9.91. The van der Waals surface area contributed by atoms with E-state index in [4.69, 9.17) is 4.42 Å². The number of allylic oxidation sites excluding steroid dienone is 1. The standard InChI is InChI=1S/C27H24O/c1-27(2,3)22-13-11-18(12-14-22)23-9-6-8-19-15-21(16-24(19)23)26-17-20-7-4-5-10-25(20)28-26/h4-14,16-17H,15H2,1-3H3. The number of benzene rings is 3. The minimum Gasteiger partial charge on any atom is -0.456 e. The molecule has 0 spiro atoms. The Morgan fingerprint density at radius 1 is 0.821 bits per heavy atom. The number of fused-ring (bicyclic) bond motifs is 2. The van der Waals surface area contributed by atoms with Gasteiger partial charge in [0, 0.05) is 11.8 Å². The van der Waals surface area contributed by atoms with Gasteiger partial charge in [0.05, 0.1) is 0 Å². The highest BCUT2D eigenvalue weighted by molar-refractivity contribution is 5.95. The molecule has 5 rings (SSSR count). The molecule has 1 heteroatoms. The van der Waals surface area contributed by atoms with Gasteiger partial charge in [0.25, 0.3) is 0 Å². The van der Waals surface area contributed by atoms with Crippen LogP contribution in [-0.2, 0) is 11.8 Å². The van der Waals surface area contributed by atoms with Crippen molar-refractivity contribution in [2.45, 2.75) is 32.6 Å². The molecule has 4 aromatic rings. The van der Waals surface area contributed by atoms with Gasteiger partial charge in [0.1, 0.15) is 11.3 Å². The topological polar surface area (TPSA) is 13.1 Å². The Morgan fingerprint density at radius 3 is 2.36 bits per heavy atom. The third kappa shape index (κ3) is 2.88. The van der Waals surface area contributed by atoms with E-state index in [1.165, 1.54) is 33.4 Å². The van der Waals surface area contributed by atoms with Crippen LogP contribution in [0.25, 0.3) is 33.7 Å². The van der Waals surface area contributed by atoms with Gasteiger partial charge >= 0.3 is 0 Å². The van der Waals surface area contributed by atoms with Crippen molar-refractivity contribution >= 4 is 22.6 Å². The van der Waals surface area contributed by atoms with Crippen molar-refractivity contribution in [2.24, 2.45) is 0 Å². The molecule has 28 heavy (non-hydrogen) atoms. The van der Waals surface area contributed by atoms with Crippen LogP contribution in [0.3, 0.4) is 0 Å². The number of rotatable bonds is 2. The summed E-state index contributed by atoms with van der Waals surface area (Å²) in [4.78, 5) is 0. The van der Waals surface area contributed by atoms with Crippen LogP contribution in [0.15, 0.2) is 77.2 Å². The smallest absolute Gasteiger partial charge is 0.134 e. The van der Waals surface area contributed by atoms with Crippen molar-refractivity contribution in [2.75, 3.05) is 0 Å². The molecule has 1 aromatic heterocycles. The van der Waals surface area contributed by atoms with Gasteiger partial charge < -0.3 is 4.42 Å². The molecular weight excluding hydrogens is 340 g/mol. The molecule has 0 N–H and O–H groups in total. The van der Waals surface area contributed by atoms with E-state index in [1.54, 1.807) is 0 Å². The van der Waals surface area contributed by atoms with E-state index < -0.39 is 0 Å². The van der Waals surface area contributed by atoms with Gasteiger partial charge in [-0.05, 0) is 57.0 Å². The zero-order chi connectivity index (χ0) is 19.3. The molecule has 0 saturated carbocycles. The van der Waals surface area contributed by atoms with Crippen LogP contribution in [-0.4, -0.2) is 0 Å². The Bertz CT molecular complexity index is 1160. The summed E-state index contributed by atoms with van der Waals surface area (Å²) in [5.41, 5.74) is 9.00. The Hall–Kier alpha value is -3.06. The zero-order valence-electron chi connectivity index (χ0n) is 16.6. The molecule has 1 aliphatic rings. The van der Waals surface area contributed by atoms with Gasteiger partial charge in [-0.2, -0.15) is 0 Å². The Morgan fingerprint density at radius 2 is 1.61 bits per heavy atom. The molecule has 1 nitrogen and oxygen atoms in total. The number of furan rings is 1. The summed E-state index contributed by atoms with van der Waals surface area (Å²) in [6.45, 7) is 6.76. The van der Waals surface area contributed by atoms with Gasteiger partial charge in [0.2, 0.25) is 0 Å². The van der Waals surface area contributed by atoms with Crippen molar-refractivity contribution in [3.63, 3.8) is 0 Å². The second-order valence-corrected chi connectivity index (χ2v) is 8.70. The molecule has 0 saturated heterocycles. The summed E-state index contributed by atoms with van der Waals surface area (Å²) in [6.07, 6.45) is 3.23. The third-order valence-corrected chi connectivity index (χ3v) is 5.70. The lowest BCUT2D eigenvalue weighted by atomic mass is 9.86. The first kappa shape index (κ1) is 17.1. The molecule has 0 unspecified atom stereocenters. The van der Waals surface area contributed by atoms with E-state index in [-0.39, 0.29) is 5.41 Å². The minimum absolute atomic E-state index is 0.172. The van der Waals surface area contributed by atoms with E-state index >= 15 is 0 Å². The Kier molecular flexibility index (Phi) is 3.80. The molecule has 1 aliphatic carbocycles. The molecule has 0 amide bonds. The van der Waals surface area contributed by atoms with Crippen molar-refractivity contribution in [3.8, 4) is 11.1 Å². The highest BCUT2D eigenvalue weighted by Crippen LogP contribution is 2.39. The van der Waals surface area contributed by atoms with Gasteiger partial charge in [0.15, 0.2) is 0 Å². The van der Waals surface area contributed by atoms with Crippen molar-refractivity contribution in [3.05, 3.63) is 95.2 Å². The predicted molar refractivity (Wildman–Crippen MR) is 118 cm³/mol. The number of para-hydroxylation sites is 1. The molecular formula is C27H24O. The van der Waals surface area contributed by atoms with Gasteiger partial charge in [-0.25, -0.2) is 0 Å². The third-order valence-electron chi connectivity index (χ3n) is 5.70. The van der Waals surface area contributed by atoms with E-state index in [0.717, 1.165) is 23.2 Å². The van der Waals surface area contributed by atoms with Gasteiger partial charge in [-0.3, -0.25) is 0 Å². The predicted octanol–water partition coefficient (Wildman–Crippen LogP) is 7.49. The fourth-order valence-electron chi connectivity index (χ4n) is 4.07. The summed E-state index contributed by atoms with van der Waals surface area (Å²) < 4.78 is 6.11. The lowest BCUT2D eigenvalue weighted by Gasteiger charge is -2.19. The van der Waals surface area contributed by atoms with Crippen LogP contribution in [0.5, 0.6) is 0 Å². The highest BCUT2D eigenvalue weighted by Gasteiger charge is 2.20. The number of hydrogen-bond donors (Lipinski definition) is 0. The summed E-state index contributed by atoms with van der Waals surface area (Å²) in [5.74, 6) is 0.978. The molecule has 0 atom stereocenters. The summed E-state index contributed by atoms with van der Waals surface area (Å²) in [6, 6.07) is 26.0. The largest absolute Gasteiger partial charge is 0.456 e. The van der Waals surface area contributed by atoms with Crippen LogP contribution in [0.4, 0.5) is 0 Å². The van der Waals surface area contributed by atoms with E-state index in [2.05, 4.69) is 87.5 Å². The number of hydrogen-bond acceptors (Lipinski definition) is 1. The highest BCUT2D eigenvalue weighted by atomic mass is 16.3. The van der Waals surface area contributed by atoms with Crippen LogP contribution in [0.2, 0.25) is 0 Å². The average molecular weight is 364 g/mol. The lowest BCUT2D eigenvalue weighted by Crippen LogP contribution is -2.10. The van der Waals surface area contributed by atoms with Crippen LogP contribution in [0, 0.1) is 0 Å². The van der Waals surface area contributed by atoms with Crippen molar-refractivity contribution in [1.82, 2.24) is 0 Å². The van der Waals surface area contributed by atoms with Gasteiger partial charge in [-0.1, -0.05) is 81.4 Å². The van der Waals surface area contributed by atoms with Crippen LogP contribution >= 0.6 is 0 Å². The van der Waals surface area contributed by atoms with Crippen LogP contribution < -0.4 is 0 Å². The quantitative estimate of drug-likeness (QED) is 0.359. The first-order chi connectivity index (χ1) is 13.5. The van der Waals surface area contributed by atoms with Crippen LogP contribution in [0.1, 0.15) is 43.2 Å². The normalized spacial score (nSPS) is 13.6. The second-order valence-electron chi connectivity index (χ2n) is 8.70. The molecule has 138 valence electrons. The lowest BCUT2D eigenvalue weighted by molar-refractivity contribution is 0.590. The maximum absolute atomic E-state index is 6.11. The van der Waals surface area contributed by atoms with Gasteiger partial charge in [-0.15, -0.1) is 0 Å². The van der Waals surface area contributed by atoms with Crippen molar-refractivity contribution < 1.29 is 4.42 Å². The van der Waals surface area contributed by atoms with E-state index in [0.29, 0.717) is 0 Å². The SMILES string of the molecule is CC(C)(C)c1ccc(-c2cccc3c2C=C(c2cc4ccccc4o2)C3)cc1. The fourth-order valence-corrected chi connectivity index (χ4v) is 4.07. The first-order valence-corrected chi connectivity index (χ1v) is 9.91. The molecule has 0 fully saturated rings. The summed E-state index contributed by atoms with van der Waals surface area (Å²) >= 11 is 0. The average Bonchev–Trinajstić information content (AvgIpc) is 3.31. The molecule has 0 aliphatic heterocycles. The van der Waals surface area contributed by atoms with E-state index in [9.17, 15) is 0 Å². The van der Waals surface area contributed by atoms with Crippen molar-refractivity contribution in [1.29, 1.82) is 0 Å².